The maximum Gasteiger partial charge on any atom is 0.253 e. The summed E-state index contributed by atoms with van der Waals surface area (Å²) in [5, 5.41) is 14.1. The molecule has 1 aromatic carbocycles. The lowest BCUT2D eigenvalue weighted by atomic mass is 10.2. The quantitative estimate of drug-likeness (QED) is 0.501. The summed E-state index contributed by atoms with van der Waals surface area (Å²) in [5.41, 5.74) is 1.27. The van der Waals surface area contributed by atoms with Gasteiger partial charge in [0.25, 0.3) is 5.91 Å². The Morgan fingerprint density at radius 3 is 2.43 bits per heavy atom. The summed E-state index contributed by atoms with van der Waals surface area (Å²) in [6, 6.07) is 11.0. The topological polar surface area (TPSA) is 80.1 Å². The first-order valence-corrected chi connectivity index (χ1v) is 11.7. The Hall–Kier alpha value is -2.65. The molecule has 0 aliphatic heterocycles. The van der Waals surface area contributed by atoms with Crippen LogP contribution in [0.4, 0.5) is 5.69 Å². The van der Waals surface area contributed by atoms with E-state index in [4.69, 9.17) is 0 Å². The second-order valence-electron chi connectivity index (χ2n) is 6.42. The van der Waals surface area contributed by atoms with Crippen LogP contribution in [0.25, 0.3) is 10.7 Å². The van der Waals surface area contributed by atoms with Crippen LogP contribution in [0.15, 0.2) is 46.9 Å². The second-order valence-corrected chi connectivity index (χ2v) is 8.31. The molecule has 3 aromatic rings. The molecule has 0 saturated carbocycles. The molecule has 0 bridgehead atoms. The van der Waals surface area contributed by atoms with E-state index >= 15 is 0 Å². The molecule has 7 nitrogen and oxygen atoms in total. The summed E-state index contributed by atoms with van der Waals surface area (Å²) in [4.78, 5) is 27.6. The molecule has 2 aromatic heterocycles. The lowest BCUT2D eigenvalue weighted by Gasteiger charge is -2.18. The van der Waals surface area contributed by atoms with Crippen LogP contribution in [-0.2, 0) is 11.3 Å². The van der Waals surface area contributed by atoms with Crippen LogP contribution in [0.2, 0.25) is 0 Å². The summed E-state index contributed by atoms with van der Waals surface area (Å²) < 4.78 is 2.01. The summed E-state index contributed by atoms with van der Waals surface area (Å²) in [6.45, 7) is 8.01. The Labute approximate surface area is 184 Å². The number of benzene rings is 1. The molecule has 3 rings (SSSR count). The van der Waals surface area contributed by atoms with Crippen LogP contribution >= 0.6 is 23.1 Å². The van der Waals surface area contributed by atoms with Crippen LogP contribution in [0.1, 0.15) is 31.1 Å². The number of hydrogen-bond donors (Lipinski definition) is 1. The van der Waals surface area contributed by atoms with Crippen LogP contribution in [0.3, 0.4) is 0 Å². The average Bonchev–Trinajstić information content (AvgIpc) is 3.43. The monoisotopic (exact) mass is 443 g/mol. The number of anilines is 1. The SMILES string of the molecule is CCN(CC)C(=O)c1ccc(NC(=O)CSc2nnc(-c3cccs3)n2CC)cc1. The van der Waals surface area contributed by atoms with Gasteiger partial charge in [-0.1, -0.05) is 17.8 Å². The minimum absolute atomic E-state index is 0.00567. The zero-order chi connectivity index (χ0) is 21.5. The van der Waals surface area contributed by atoms with Crippen molar-refractivity contribution < 1.29 is 9.59 Å². The summed E-state index contributed by atoms with van der Waals surface area (Å²) in [5.74, 6) is 0.909. The normalized spacial score (nSPS) is 10.8. The van der Waals surface area contributed by atoms with Crippen molar-refractivity contribution in [2.24, 2.45) is 0 Å². The lowest BCUT2D eigenvalue weighted by molar-refractivity contribution is -0.113. The summed E-state index contributed by atoms with van der Waals surface area (Å²) in [6.07, 6.45) is 0. The molecule has 0 aliphatic rings. The highest BCUT2D eigenvalue weighted by molar-refractivity contribution is 7.99. The van der Waals surface area contributed by atoms with Gasteiger partial charge < -0.3 is 14.8 Å². The summed E-state index contributed by atoms with van der Waals surface area (Å²) >= 11 is 2.97. The molecule has 0 atom stereocenters. The second kappa shape index (κ2) is 10.4. The van der Waals surface area contributed by atoms with Gasteiger partial charge in [-0.3, -0.25) is 9.59 Å². The van der Waals surface area contributed by atoms with Gasteiger partial charge in [0.1, 0.15) is 0 Å². The maximum atomic E-state index is 12.4. The number of nitrogens with one attached hydrogen (secondary N) is 1. The van der Waals surface area contributed by atoms with Gasteiger partial charge in [0.05, 0.1) is 10.6 Å². The molecule has 0 spiro atoms. The number of thioether (sulfide) groups is 1. The van der Waals surface area contributed by atoms with E-state index in [0.29, 0.717) is 24.3 Å². The fraction of sp³-hybridized carbons (Fsp3) is 0.333. The van der Waals surface area contributed by atoms with E-state index in [2.05, 4.69) is 15.5 Å². The van der Waals surface area contributed by atoms with E-state index in [1.165, 1.54) is 11.8 Å². The van der Waals surface area contributed by atoms with Gasteiger partial charge in [-0.05, 0) is 56.5 Å². The third-order valence-electron chi connectivity index (χ3n) is 4.57. The largest absolute Gasteiger partial charge is 0.339 e. The van der Waals surface area contributed by atoms with Gasteiger partial charge >= 0.3 is 0 Å². The van der Waals surface area contributed by atoms with Gasteiger partial charge in [0, 0.05) is 30.9 Å². The van der Waals surface area contributed by atoms with Gasteiger partial charge in [-0.2, -0.15) is 0 Å². The van der Waals surface area contributed by atoms with E-state index < -0.39 is 0 Å². The number of hydrogen-bond acceptors (Lipinski definition) is 6. The fourth-order valence-electron chi connectivity index (χ4n) is 2.99. The fourth-order valence-corrected chi connectivity index (χ4v) is 4.50. The molecule has 2 heterocycles. The third kappa shape index (κ3) is 5.09. The summed E-state index contributed by atoms with van der Waals surface area (Å²) in [7, 11) is 0. The molecular weight excluding hydrogens is 418 g/mol. The Balaban J connectivity index is 1.58. The molecule has 0 unspecified atom stereocenters. The molecule has 0 fully saturated rings. The van der Waals surface area contributed by atoms with Crippen molar-refractivity contribution >= 4 is 40.6 Å². The van der Waals surface area contributed by atoms with Crippen LogP contribution in [0.5, 0.6) is 0 Å². The van der Waals surface area contributed by atoms with Gasteiger partial charge in [-0.25, -0.2) is 0 Å². The van der Waals surface area contributed by atoms with E-state index in [9.17, 15) is 9.59 Å². The van der Waals surface area contributed by atoms with Gasteiger partial charge in [0.15, 0.2) is 11.0 Å². The highest BCUT2D eigenvalue weighted by Crippen LogP contribution is 2.27. The predicted octanol–water partition coefficient (Wildman–Crippen LogP) is 4.24. The number of carbonyl (C=O) groups is 2. The van der Waals surface area contributed by atoms with Crippen LogP contribution < -0.4 is 5.32 Å². The third-order valence-corrected chi connectivity index (χ3v) is 6.41. The van der Waals surface area contributed by atoms with Gasteiger partial charge in [0.2, 0.25) is 5.91 Å². The van der Waals surface area contributed by atoms with Crippen LogP contribution in [0, 0.1) is 0 Å². The zero-order valence-corrected chi connectivity index (χ0v) is 18.9. The first-order valence-electron chi connectivity index (χ1n) is 9.86. The van der Waals surface area contributed by atoms with E-state index in [0.717, 1.165) is 22.4 Å². The standard InChI is InChI=1S/C21H25N5O2S2/c1-4-25(5-2)20(28)15-9-11-16(12-10-15)22-18(27)14-30-21-24-23-19(26(21)6-3)17-8-7-13-29-17/h7-13H,4-6,14H2,1-3H3,(H,22,27). The highest BCUT2D eigenvalue weighted by atomic mass is 32.2. The number of aromatic nitrogens is 3. The van der Waals surface area contributed by atoms with Crippen molar-refractivity contribution in [3.8, 4) is 10.7 Å². The minimum atomic E-state index is -0.133. The van der Waals surface area contributed by atoms with Crippen molar-refractivity contribution in [1.82, 2.24) is 19.7 Å². The predicted molar refractivity (Wildman–Crippen MR) is 122 cm³/mol. The van der Waals surface area contributed by atoms with Crippen molar-refractivity contribution in [1.29, 1.82) is 0 Å². The van der Waals surface area contributed by atoms with Crippen LogP contribution in [-0.4, -0.2) is 50.3 Å². The Morgan fingerprint density at radius 2 is 1.83 bits per heavy atom. The molecule has 0 aliphatic carbocycles. The smallest absolute Gasteiger partial charge is 0.253 e. The molecule has 158 valence electrons. The number of thiophene rings is 1. The highest BCUT2D eigenvalue weighted by Gasteiger charge is 2.16. The van der Waals surface area contributed by atoms with E-state index in [1.54, 1.807) is 40.5 Å². The van der Waals surface area contributed by atoms with E-state index in [-0.39, 0.29) is 17.6 Å². The number of amides is 2. The molecule has 30 heavy (non-hydrogen) atoms. The molecule has 1 N–H and O–H groups in total. The molecular formula is C21H25N5O2S2. The Morgan fingerprint density at radius 1 is 1.10 bits per heavy atom. The molecule has 2 amide bonds. The zero-order valence-electron chi connectivity index (χ0n) is 17.3. The van der Waals surface area contributed by atoms with Gasteiger partial charge in [-0.15, -0.1) is 21.5 Å². The maximum absolute atomic E-state index is 12.4. The Kier molecular flexibility index (Phi) is 7.64. The molecule has 9 heteroatoms. The Bertz CT molecular complexity index is 980. The van der Waals surface area contributed by atoms with E-state index in [1.807, 2.05) is 42.9 Å². The number of nitrogens with zero attached hydrogens (tertiary/aromatic N) is 4. The first-order chi connectivity index (χ1) is 14.6. The lowest BCUT2D eigenvalue weighted by Crippen LogP contribution is -2.30. The van der Waals surface area contributed by atoms with Crippen molar-refractivity contribution in [3.05, 3.63) is 47.3 Å². The molecule has 0 radical (unpaired) electrons. The number of carbonyl (C=O) groups excluding carboxylic acids is 2. The minimum Gasteiger partial charge on any atom is -0.339 e. The van der Waals surface area contributed by atoms with Crippen molar-refractivity contribution in [2.75, 3.05) is 24.2 Å². The average molecular weight is 444 g/mol. The van der Waals surface area contributed by atoms with Crippen molar-refractivity contribution in [2.45, 2.75) is 32.5 Å². The number of rotatable bonds is 9. The molecule has 0 saturated heterocycles. The van der Waals surface area contributed by atoms with Crippen molar-refractivity contribution in [3.63, 3.8) is 0 Å². The first kappa shape index (κ1) is 22.0.